The number of carbonyl (C=O) groups excluding carboxylic acids is 14. The van der Waals surface area contributed by atoms with Crippen molar-refractivity contribution in [2.75, 3.05) is 77.2 Å². The first kappa shape index (κ1) is 85.2. The second kappa shape index (κ2) is 43.0. The summed E-state index contributed by atoms with van der Waals surface area (Å²) in [7, 11) is 0. The Morgan fingerprint density at radius 3 is 1.34 bits per heavy atom. The summed E-state index contributed by atoms with van der Waals surface area (Å²) in [6.07, 6.45) is -7.16. The Labute approximate surface area is 598 Å². The molecule has 18 N–H and O–H groups in total. The number of hydrogen-bond acceptors (Lipinski definition) is 26. The van der Waals surface area contributed by atoms with Gasteiger partial charge in [0, 0.05) is 40.0 Å². The van der Waals surface area contributed by atoms with E-state index in [9.17, 15) is 97.8 Å². The molecule has 5 rings (SSSR count). The molecular weight excluding hydrogens is 1390 g/mol. The predicted octanol–water partition coefficient (Wildman–Crippen LogP) is -6.87. The van der Waals surface area contributed by atoms with E-state index in [4.69, 9.17) is 18.9 Å². The molecule has 14 amide bonds. The molecule has 0 aromatic carbocycles. The number of aliphatic hydroxyl groups excluding tert-OH is 6. The third-order valence-corrected chi connectivity index (χ3v) is 19.8. The second-order valence-corrected chi connectivity index (χ2v) is 27.8. The molecular formula is C62H102N14O24S2. The number of amides is 14. The van der Waals surface area contributed by atoms with E-state index in [0.29, 0.717) is 37.2 Å². The van der Waals surface area contributed by atoms with Gasteiger partial charge in [-0.25, -0.2) is 9.59 Å². The van der Waals surface area contributed by atoms with E-state index in [2.05, 4.69) is 63.8 Å². The van der Waals surface area contributed by atoms with Crippen LogP contribution < -0.4 is 63.8 Å². The topological polar surface area (TPSA) is 548 Å². The van der Waals surface area contributed by atoms with Crippen molar-refractivity contribution in [2.45, 2.75) is 227 Å². The van der Waals surface area contributed by atoms with Gasteiger partial charge in [-0.05, 0) is 116 Å². The maximum Gasteiger partial charge on any atom is 0.407 e. The highest BCUT2D eigenvalue weighted by Gasteiger charge is 2.47. The molecule has 0 aliphatic carbocycles. The average Bonchev–Trinajstić information content (AvgIpc) is 1.12. The fraction of sp³-hybridized carbons (Fsp3) is 0.774. The normalized spacial score (nSPS) is 30.8. The molecule has 40 heteroatoms. The lowest BCUT2D eigenvalue weighted by atomic mass is 9.98. The van der Waals surface area contributed by atoms with Gasteiger partial charge in [-0.3, -0.25) is 57.5 Å². The minimum Gasteiger partial charge on any atom is -0.450 e. The smallest absolute Gasteiger partial charge is 0.407 e. The van der Waals surface area contributed by atoms with Crippen molar-refractivity contribution < 1.29 is 117 Å². The molecule has 18 atom stereocenters. The molecule has 0 spiro atoms. The summed E-state index contributed by atoms with van der Waals surface area (Å²) in [4.78, 5) is 189. The van der Waals surface area contributed by atoms with Gasteiger partial charge in [-0.2, -0.15) is 0 Å². The SMILES string of the molecule is CC(=O)N[C@@H]1[C@@H](O)[C@H](O)[C@@H](CO)O[C@H]1SCCCOC(=O)NCCCC[C@@H]1NC(=O)CNC(=O)[C@@H]2CCCN2C(=O)[C@H](CCCCNC(=O)OCCCS[C@@H]2O[C@H](CO)[C@@H](O)[C@H](O)[C@H]2NC(C)=O)NC(=O)[C@H](C)NC(=O)[C@H](C)NC(=O)CNC(=O)[C@@H]2CCCN2C(=O)[C@H](C)NC(=O)[C@H](C)NC1=O. The number of aliphatic hydroxyl groups is 6. The zero-order valence-electron chi connectivity index (χ0n) is 58.1. The largest absolute Gasteiger partial charge is 0.450 e. The van der Waals surface area contributed by atoms with Crippen molar-refractivity contribution in [3.63, 3.8) is 0 Å². The molecule has 0 saturated carbocycles. The Morgan fingerprint density at radius 1 is 0.490 bits per heavy atom. The van der Waals surface area contributed by atoms with Gasteiger partial charge in [-0.15, -0.1) is 23.5 Å². The van der Waals surface area contributed by atoms with Crippen molar-refractivity contribution >= 4 is 107 Å². The highest BCUT2D eigenvalue weighted by molar-refractivity contribution is 8.00. The Balaban J connectivity index is 1.22. The summed E-state index contributed by atoms with van der Waals surface area (Å²) in [5, 5.41) is 91.5. The Morgan fingerprint density at radius 2 is 0.892 bits per heavy atom. The van der Waals surface area contributed by atoms with Crippen LogP contribution in [0.5, 0.6) is 0 Å². The molecule has 576 valence electrons. The van der Waals surface area contributed by atoms with E-state index < -0.39 is 217 Å². The highest BCUT2D eigenvalue weighted by atomic mass is 32.2. The first-order chi connectivity index (χ1) is 48.5. The standard InChI is InChI=1S/C62H102N14O24S2/c1-31-51(87)68-33(3)53(89)74-38(16-8-10-20-64-62(96)98-24-14-26-102-60-46(72-36(6)80)50(86)48(84)42(30-78)100-60)58(94)76-22-12-18-40(76)56(92)66-28-44(82)73-37(54(90)69-32(2)52(88)70-34(4)57(93)75-21-11-17-39(75)55(91)65-27-43(81)67-31)15-7-9-19-63-61(95)97-23-13-25-101-59-45(71-35(5)79)49(85)47(83)41(29-77)99-59/h31-34,37-42,45-50,59-60,77-78,83-86H,7-30H2,1-6H3,(H,63,95)(H,64,96)(H,65,91)(H,66,92)(H,67,81)(H,68,87)(H,69,90)(H,70,88)(H,71,79)(H,72,80)(H,73,82)(H,74,89)/t31-,32-,33-,34-,37-,38-,39-,40-,41+,42+,45+,46+,47+,48+,49+,50+,59-,60-/m0/s1. The molecule has 102 heavy (non-hydrogen) atoms. The average molecular weight is 1490 g/mol. The number of hydrogen-bond donors (Lipinski definition) is 18. The van der Waals surface area contributed by atoms with Crippen LogP contribution in [-0.2, 0) is 76.5 Å². The van der Waals surface area contributed by atoms with Crippen LogP contribution in [0.3, 0.4) is 0 Å². The van der Waals surface area contributed by atoms with Gasteiger partial charge in [0.05, 0.1) is 51.6 Å². The number of alkyl carbamates (subject to hydrolysis) is 2. The van der Waals surface area contributed by atoms with Crippen LogP contribution >= 0.6 is 23.5 Å². The van der Waals surface area contributed by atoms with Crippen molar-refractivity contribution in [3.8, 4) is 0 Å². The summed E-state index contributed by atoms with van der Waals surface area (Å²) in [5.74, 6) is -8.13. The summed E-state index contributed by atoms with van der Waals surface area (Å²) < 4.78 is 22.0. The fourth-order valence-corrected chi connectivity index (χ4v) is 14.1. The van der Waals surface area contributed by atoms with Crippen LogP contribution in [0.25, 0.3) is 0 Å². The molecule has 0 bridgehead atoms. The molecule has 5 aliphatic heterocycles. The number of thioether (sulfide) groups is 2. The number of nitrogens with zero attached hydrogens (tertiary/aromatic N) is 2. The zero-order valence-corrected chi connectivity index (χ0v) is 59.7. The van der Waals surface area contributed by atoms with Gasteiger partial charge in [0.15, 0.2) is 0 Å². The van der Waals surface area contributed by atoms with Crippen LogP contribution in [-0.4, -0.2) is 309 Å². The highest BCUT2D eigenvalue weighted by Crippen LogP contribution is 2.31. The lowest BCUT2D eigenvalue weighted by Gasteiger charge is -2.42. The van der Waals surface area contributed by atoms with E-state index in [0.717, 1.165) is 11.8 Å². The van der Waals surface area contributed by atoms with E-state index in [1.165, 1.54) is 63.1 Å². The van der Waals surface area contributed by atoms with Crippen molar-refractivity contribution in [1.29, 1.82) is 0 Å². The minimum atomic E-state index is -1.45. The number of rotatable bonds is 24. The van der Waals surface area contributed by atoms with Crippen LogP contribution in [0.2, 0.25) is 0 Å². The molecule has 5 fully saturated rings. The van der Waals surface area contributed by atoms with Crippen LogP contribution in [0, 0.1) is 0 Å². The second-order valence-electron chi connectivity index (χ2n) is 25.4. The predicted molar refractivity (Wildman–Crippen MR) is 361 cm³/mol. The van der Waals surface area contributed by atoms with E-state index in [1.807, 2.05) is 0 Å². The number of carbonyl (C=O) groups is 14. The van der Waals surface area contributed by atoms with E-state index in [1.54, 1.807) is 0 Å². The Bertz CT molecular complexity index is 2890. The van der Waals surface area contributed by atoms with Gasteiger partial charge < -0.3 is 123 Å². The third kappa shape index (κ3) is 26.7. The monoisotopic (exact) mass is 1490 g/mol. The minimum absolute atomic E-state index is 0.0361. The van der Waals surface area contributed by atoms with Crippen molar-refractivity contribution in [1.82, 2.24) is 73.6 Å². The first-order valence-corrected chi connectivity index (χ1v) is 36.4. The maximum absolute atomic E-state index is 14.6. The van der Waals surface area contributed by atoms with Gasteiger partial charge in [-0.1, -0.05) is 0 Å². The van der Waals surface area contributed by atoms with E-state index >= 15 is 0 Å². The molecule has 0 unspecified atom stereocenters. The summed E-state index contributed by atoms with van der Waals surface area (Å²) in [6, 6.07) is -12.0. The quantitative estimate of drug-likeness (QED) is 0.0399. The summed E-state index contributed by atoms with van der Waals surface area (Å²) in [5.41, 5.74) is -1.69. The maximum atomic E-state index is 14.6. The molecule has 0 radical (unpaired) electrons. The first-order valence-electron chi connectivity index (χ1n) is 34.3. The molecule has 38 nitrogen and oxygen atoms in total. The lowest BCUT2D eigenvalue weighted by molar-refractivity contribution is -0.173. The van der Waals surface area contributed by atoms with Gasteiger partial charge in [0.2, 0.25) is 70.9 Å². The molecule has 0 aromatic heterocycles. The van der Waals surface area contributed by atoms with Crippen LogP contribution in [0.4, 0.5) is 9.59 Å². The van der Waals surface area contributed by atoms with Gasteiger partial charge in [0.1, 0.15) is 95.8 Å². The zero-order chi connectivity index (χ0) is 75.3. The molecule has 5 aliphatic rings. The van der Waals surface area contributed by atoms with Crippen molar-refractivity contribution in [3.05, 3.63) is 0 Å². The molecule has 0 aromatic rings. The fourth-order valence-electron chi connectivity index (χ4n) is 11.7. The number of fused-ring (bicyclic) bond motifs is 2. The van der Waals surface area contributed by atoms with Gasteiger partial charge >= 0.3 is 12.2 Å². The number of unbranched alkanes of at least 4 members (excludes halogenated alkanes) is 2. The Hall–Kier alpha value is -7.44. The molecule has 5 heterocycles. The number of nitrogens with one attached hydrogen (secondary N) is 12. The summed E-state index contributed by atoms with van der Waals surface area (Å²) >= 11 is 2.33. The Kier molecular flexibility index (Phi) is 35.9. The van der Waals surface area contributed by atoms with Gasteiger partial charge in [0.25, 0.3) is 0 Å². The third-order valence-electron chi connectivity index (χ3n) is 17.3. The van der Waals surface area contributed by atoms with Crippen LogP contribution in [0.1, 0.15) is 119 Å². The van der Waals surface area contributed by atoms with Crippen LogP contribution in [0.15, 0.2) is 0 Å². The van der Waals surface area contributed by atoms with E-state index in [-0.39, 0.29) is 90.8 Å². The lowest BCUT2D eigenvalue weighted by Crippen LogP contribution is -2.63. The summed E-state index contributed by atoms with van der Waals surface area (Å²) in [6.45, 7) is 5.43. The van der Waals surface area contributed by atoms with Crippen molar-refractivity contribution in [2.24, 2.45) is 0 Å². The molecule has 5 saturated heterocycles. The number of ether oxygens (including phenoxy) is 4.